The molecular formula is C16H19N3O3. The molecule has 3 amide bonds. The van der Waals surface area contributed by atoms with Crippen LogP contribution in [-0.2, 0) is 0 Å². The van der Waals surface area contributed by atoms with E-state index < -0.39 is 0 Å². The highest BCUT2D eigenvalue weighted by atomic mass is 16.2. The second-order valence-corrected chi connectivity index (χ2v) is 5.78. The van der Waals surface area contributed by atoms with Gasteiger partial charge in [0.15, 0.2) is 0 Å². The smallest absolute Gasteiger partial charge is 0.261 e. The Bertz CT molecular complexity index is 656. The maximum absolute atomic E-state index is 12.7. The Morgan fingerprint density at radius 2 is 2.00 bits per heavy atom. The number of benzene rings is 1. The lowest BCUT2D eigenvalue weighted by molar-refractivity contribution is 0.0692. The fourth-order valence-corrected chi connectivity index (χ4v) is 3.21. The largest absolute Gasteiger partial charge is 0.334 e. The van der Waals surface area contributed by atoms with Gasteiger partial charge >= 0.3 is 0 Å². The highest BCUT2D eigenvalue weighted by molar-refractivity contribution is 6.21. The summed E-state index contributed by atoms with van der Waals surface area (Å²) < 4.78 is 0. The number of hydrogen-bond donors (Lipinski definition) is 1. The average Bonchev–Trinajstić information content (AvgIpc) is 3.07. The summed E-state index contributed by atoms with van der Waals surface area (Å²) in [5, 5.41) is 3.11. The maximum Gasteiger partial charge on any atom is 0.261 e. The first-order valence-electron chi connectivity index (χ1n) is 7.46. The third kappa shape index (κ3) is 2.20. The number of carbonyl (C=O) groups is 3. The molecule has 6 nitrogen and oxygen atoms in total. The van der Waals surface area contributed by atoms with E-state index in [1.165, 1.54) is 7.05 Å². The van der Waals surface area contributed by atoms with Gasteiger partial charge in [-0.1, -0.05) is 0 Å². The molecule has 0 aliphatic carbocycles. The van der Waals surface area contributed by atoms with Gasteiger partial charge < -0.3 is 10.2 Å². The fraction of sp³-hybridized carbons (Fsp3) is 0.438. The third-order valence-electron chi connectivity index (χ3n) is 4.41. The van der Waals surface area contributed by atoms with Crippen molar-refractivity contribution in [3.8, 4) is 0 Å². The van der Waals surface area contributed by atoms with Gasteiger partial charge in [0.1, 0.15) is 0 Å². The van der Waals surface area contributed by atoms with E-state index in [4.69, 9.17) is 0 Å². The number of rotatable bonds is 3. The highest BCUT2D eigenvalue weighted by Crippen LogP contribution is 2.25. The molecule has 2 heterocycles. The van der Waals surface area contributed by atoms with Crippen molar-refractivity contribution in [3.05, 3.63) is 34.9 Å². The van der Waals surface area contributed by atoms with Crippen molar-refractivity contribution in [1.29, 1.82) is 0 Å². The topological polar surface area (TPSA) is 69.7 Å². The van der Waals surface area contributed by atoms with E-state index in [1.54, 1.807) is 18.2 Å². The lowest BCUT2D eigenvalue weighted by Crippen LogP contribution is -2.40. The molecule has 0 saturated carbocycles. The van der Waals surface area contributed by atoms with Crippen LogP contribution in [0.1, 0.15) is 43.9 Å². The summed E-state index contributed by atoms with van der Waals surface area (Å²) in [5.74, 6) is -0.730. The zero-order chi connectivity index (χ0) is 15.9. The fourth-order valence-electron chi connectivity index (χ4n) is 3.21. The standard InChI is InChI=1S/C16H19N3O3/c1-17-9-11-4-3-7-19(11)14(20)10-5-6-12-13(8-10)16(22)18(2)15(12)21/h5-6,8,11,17H,3-4,7,9H2,1-2H3. The first kappa shape index (κ1) is 14.7. The van der Waals surface area contributed by atoms with E-state index in [2.05, 4.69) is 5.32 Å². The summed E-state index contributed by atoms with van der Waals surface area (Å²) in [6.45, 7) is 1.49. The SMILES string of the molecule is CNCC1CCCN1C(=O)c1ccc2c(c1)C(=O)N(C)C2=O. The van der Waals surface area contributed by atoms with Gasteiger partial charge in [-0.2, -0.15) is 0 Å². The molecule has 1 saturated heterocycles. The van der Waals surface area contributed by atoms with Crippen LogP contribution in [0.5, 0.6) is 0 Å². The van der Waals surface area contributed by atoms with E-state index in [-0.39, 0.29) is 23.8 Å². The Hall–Kier alpha value is -2.21. The minimum atomic E-state index is -0.345. The Balaban J connectivity index is 1.89. The second-order valence-electron chi connectivity index (χ2n) is 5.78. The van der Waals surface area contributed by atoms with Crippen molar-refractivity contribution in [1.82, 2.24) is 15.1 Å². The lowest BCUT2D eigenvalue weighted by Gasteiger charge is -2.24. The summed E-state index contributed by atoms with van der Waals surface area (Å²) in [4.78, 5) is 39.5. The van der Waals surface area contributed by atoms with Crippen LogP contribution in [-0.4, -0.2) is 60.7 Å². The summed E-state index contributed by atoms with van der Waals surface area (Å²) in [5.41, 5.74) is 1.16. The minimum absolute atomic E-state index is 0.0737. The van der Waals surface area contributed by atoms with Gasteiger partial charge in [-0.3, -0.25) is 19.3 Å². The molecule has 1 unspecified atom stereocenters. The summed E-state index contributed by atoms with van der Waals surface area (Å²) in [6.07, 6.45) is 1.97. The number of fused-ring (bicyclic) bond motifs is 1. The monoisotopic (exact) mass is 301 g/mol. The predicted octanol–water partition coefficient (Wildman–Crippen LogP) is 0.736. The number of imide groups is 1. The van der Waals surface area contributed by atoms with Gasteiger partial charge in [0.2, 0.25) is 0 Å². The molecule has 1 atom stereocenters. The normalized spacial score (nSPS) is 20.7. The zero-order valence-electron chi connectivity index (χ0n) is 12.8. The van der Waals surface area contributed by atoms with Gasteiger partial charge in [-0.25, -0.2) is 0 Å². The molecule has 0 aromatic heterocycles. The number of nitrogens with zero attached hydrogens (tertiary/aromatic N) is 2. The Morgan fingerprint density at radius 3 is 2.73 bits per heavy atom. The number of likely N-dealkylation sites (tertiary alicyclic amines) is 1. The van der Waals surface area contributed by atoms with E-state index in [1.807, 2.05) is 11.9 Å². The Labute approximate surface area is 129 Å². The van der Waals surface area contributed by atoms with Gasteiger partial charge in [0.25, 0.3) is 17.7 Å². The molecule has 1 N–H and O–H groups in total. The molecule has 0 spiro atoms. The molecule has 1 aromatic rings. The van der Waals surface area contributed by atoms with Crippen LogP contribution >= 0.6 is 0 Å². The molecule has 2 aliphatic rings. The highest BCUT2D eigenvalue weighted by Gasteiger charge is 2.34. The first-order chi connectivity index (χ1) is 10.5. The molecule has 2 aliphatic heterocycles. The lowest BCUT2D eigenvalue weighted by atomic mass is 10.0. The molecule has 116 valence electrons. The quantitative estimate of drug-likeness (QED) is 0.836. The number of hydrogen-bond acceptors (Lipinski definition) is 4. The summed E-state index contributed by atoms with van der Waals surface area (Å²) >= 11 is 0. The van der Waals surface area contributed by atoms with Gasteiger partial charge in [0, 0.05) is 31.7 Å². The summed E-state index contributed by atoms with van der Waals surface area (Å²) in [7, 11) is 3.33. The van der Waals surface area contributed by atoms with Gasteiger partial charge in [-0.05, 0) is 38.1 Å². The van der Waals surface area contributed by atoms with Crippen LogP contribution in [0.15, 0.2) is 18.2 Å². The number of likely N-dealkylation sites (N-methyl/N-ethyl adjacent to an activating group) is 1. The molecule has 1 aromatic carbocycles. The van der Waals surface area contributed by atoms with Crippen LogP contribution in [0.25, 0.3) is 0 Å². The Kier molecular flexibility index (Phi) is 3.70. The summed E-state index contributed by atoms with van der Waals surface area (Å²) in [6, 6.07) is 4.96. The molecule has 0 bridgehead atoms. The molecular weight excluding hydrogens is 282 g/mol. The maximum atomic E-state index is 12.7. The van der Waals surface area contributed by atoms with Crippen molar-refractivity contribution in [2.24, 2.45) is 0 Å². The predicted molar refractivity (Wildman–Crippen MR) is 80.9 cm³/mol. The molecule has 0 radical (unpaired) electrons. The number of nitrogens with one attached hydrogen (secondary N) is 1. The molecule has 6 heteroatoms. The minimum Gasteiger partial charge on any atom is -0.334 e. The van der Waals surface area contributed by atoms with Crippen LogP contribution in [0.3, 0.4) is 0 Å². The number of carbonyl (C=O) groups excluding carboxylic acids is 3. The zero-order valence-corrected chi connectivity index (χ0v) is 12.8. The Morgan fingerprint density at radius 1 is 1.27 bits per heavy atom. The number of amides is 3. The second kappa shape index (κ2) is 5.53. The van der Waals surface area contributed by atoms with Crippen LogP contribution < -0.4 is 5.32 Å². The van der Waals surface area contributed by atoms with E-state index >= 15 is 0 Å². The van der Waals surface area contributed by atoms with Crippen LogP contribution in [0, 0.1) is 0 Å². The van der Waals surface area contributed by atoms with Gasteiger partial charge in [-0.15, -0.1) is 0 Å². The van der Waals surface area contributed by atoms with Gasteiger partial charge in [0.05, 0.1) is 11.1 Å². The molecule has 22 heavy (non-hydrogen) atoms. The van der Waals surface area contributed by atoms with E-state index in [0.29, 0.717) is 16.7 Å². The molecule has 1 fully saturated rings. The van der Waals surface area contributed by atoms with Crippen LogP contribution in [0.4, 0.5) is 0 Å². The van der Waals surface area contributed by atoms with Crippen molar-refractivity contribution >= 4 is 17.7 Å². The van der Waals surface area contributed by atoms with E-state index in [9.17, 15) is 14.4 Å². The van der Waals surface area contributed by atoms with Crippen molar-refractivity contribution in [3.63, 3.8) is 0 Å². The third-order valence-corrected chi connectivity index (χ3v) is 4.41. The molecule has 3 rings (SSSR count). The van der Waals surface area contributed by atoms with Crippen molar-refractivity contribution in [2.45, 2.75) is 18.9 Å². The van der Waals surface area contributed by atoms with Crippen LogP contribution in [0.2, 0.25) is 0 Å². The van der Waals surface area contributed by atoms with E-state index in [0.717, 1.165) is 30.8 Å². The van der Waals surface area contributed by atoms with Crippen molar-refractivity contribution < 1.29 is 14.4 Å². The van der Waals surface area contributed by atoms with Crippen molar-refractivity contribution in [2.75, 3.05) is 27.2 Å². The first-order valence-corrected chi connectivity index (χ1v) is 7.46. The average molecular weight is 301 g/mol.